The third kappa shape index (κ3) is 4.79. The zero-order valence-electron chi connectivity index (χ0n) is 17.3. The molecule has 0 saturated heterocycles. The van der Waals surface area contributed by atoms with Gasteiger partial charge in [0.15, 0.2) is 0 Å². The quantitative estimate of drug-likeness (QED) is 0.339. The Morgan fingerprint density at radius 1 is 0.900 bits per heavy atom. The van der Waals surface area contributed by atoms with E-state index in [1.165, 1.54) is 31.4 Å². The molecule has 4 unspecified atom stereocenters. The third-order valence-electron chi connectivity index (χ3n) is 6.83. The normalized spacial score (nSPS) is 26.1. The molecule has 2 aliphatic carbocycles. The van der Waals surface area contributed by atoms with Gasteiger partial charge in [0.05, 0.1) is 5.56 Å². The molecule has 2 aliphatic rings. The largest absolute Gasteiger partial charge is 0.206 e. The van der Waals surface area contributed by atoms with E-state index in [4.69, 9.17) is 11.6 Å². The van der Waals surface area contributed by atoms with Gasteiger partial charge in [-0.15, -0.1) is 0 Å². The summed E-state index contributed by atoms with van der Waals surface area (Å²) in [4.78, 5) is 0. The maximum absolute atomic E-state index is 14.7. The van der Waals surface area contributed by atoms with E-state index in [9.17, 15) is 8.78 Å². The second-order valence-corrected chi connectivity index (χ2v) is 9.18. The van der Waals surface area contributed by atoms with Crippen molar-refractivity contribution in [1.29, 1.82) is 0 Å². The second kappa shape index (κ2) is 9.36. The van der Waals surface area contributed by atoms with Crippen LogP contribution in [0.25, 0.3) is 0 Å². The van der Waals surface area contributed by atoms with Crippen molar-refractivity contribution < 1.29 is 8.78 Å². The Kier molecular flexibility index (Phi) is 6.59. The second-order valence-electron chi connectivity index (χ2n) is 8.75. The molecule has 2 saturated carbocycles. The van der Waals surface area contributed by atoms with Gasteiger partial charge >= 0.3 is 0 Å². The van der Waals surface area contributed by atoms with Crippen LogP contribution in [0.5, 0.6) is 0 Å². The fourth-order valence-corrected chi connectivity index (χ4v) is 5.42. The molecule has 2 aromatic rings. The monoisotopic (exact) mass is 424 g/mol. The van der Waals surface area contributed by atoms with Crippen LogP contribution in [0, 0.1) is 41.2 Å². The highest BCUT2D eigenvalue weighted by molar-refractivity contribution is 6.30. The summed E-state index contributed by atoms with van der Waals surface area (Å²) in [5, 5.41) is 0.604. The smallest absolute Gasteiger partial charge is 0.142 e. The first-order chi connectivity index (χ1) is 14.5. The van der Waals surface area contributed by atoms with Gasteiger partial charge in [0.25, 0.3) is 0 Å². The first kappa shape index (κ1) is 21.1. The van der Waals surface area contributed by atoms with Crippen LogP contribution >= 0.6 is 11.6 Å². The van der Waals surface area contributed by atoms with Gasteiger partial charge < -0.3 is 0 Å². The maximum atomic E-state index is 14.7. The van der Waals surface area contributed by atoms with Crippen LogP contribution in [-0.2, 0) is 0 Å². The van der Waals surface area contributed by atoms with E-state index in [0.29, 0.717) is 22.4 Å². The Hall–Kier alpha value is -2.11. The Labute approximate surface area is 183 Å². The number of hydrogen-bond donors (Lipinski definition) is 0. The van der Waals surface area contributed by atoms with E-state index >= 15 is 0 Å². The van der Waals surface area contributed by atoms with E-state index in [2.05, 4.69) is 30.9 Å². The molecule has 0 bridgehead atoms. The zero-order valence-corrected chi connectivity index (χ0v) is 18.1. The fourth-order valence-electron chi connectivity index (χ4n) is 5.29. The van der Waals surface area contributed by atoms with Gasteiger partial charge in [-0.2, -0.15) is 0 Å². The first-order valence-electron chi connectivity index (χ1n) is 10.9. The van der Waals surface area contributed by atoms with Crippen LogP contribution in [0.2, 0.25) is 5.02 Å². The molecule has 0 aromatic heterocycles. The van der Waals surface area contributed by atoms with Gasteiger partial charge in [0.1, 0.15) is 11.6 Å². The summed E-state index contributed by atoms with van der Waals surface area (Å²) in [6, 6.07) is 9.91. The lowest BCUT2D eigenvalue weighted by molar-refractivity contribution is 0.133. The Bertz CT molecular complexity index is 957. The molecule has 4 rings (SSSR count). The number of hydrogen-bond acceptors (Lipinski definition) is 0. The van der Waals surface area contributed by atoms with Crippen LogP contribution in [0.1, 0.15) is 68.1 Å². The number of rotatable bonds is 2. The SMILES string of the molecule is C/C=C/C1CCC2CC(c3cc(F)c(C#Cc4ccc(Cl)cc4)c(F)c3)CCC2C1. The van der Waals surface area contributed by atoms with Gasteiger partial charge in [0, 0.05) is 10.6 Å². The van der Waals surface area contributed by atoms with Gasteiger partial charge in [-0.1, -0.05) is 35.6 Å². The summed E-state index contributed by atoms with van der Waals surface area (Å²) < 4.78 is 29.5. The van der Waals surface area contributed by atoms with E-state index in [-0.39, 0.29) is 11.5 Å². The summed E-state index contributed by atoms with van der Waals surface area (Å²) in [5.74, 6) is 6.75. The van der Waals surface area contributed by atoms with Crippen molar-refractivity contribution in [3.05, 3.63) is 81.9 Å². The van der Waals surface area contributed by atoms with Gasteiger partial charge in [-0.25, -0.2) is 8.78 Å². The van der Waals surface area contributed by atoms with E-state index in [1.807, 2.05) is 0 Å². The molecule has 0 N–H and O–H groups in total. The highest BCUT2D eigenvalue weighted by Gasteiger charge is 2.35. The predicted octanol–water partition coefficient (Wildman–Crippen LogP) is 7.89. The van der Waals surface area contributed by atoms with Crippen LogP contribution in [0.3, 0.4) is 0 Å². The fraction of sp³-hybridized carbons (Fsp3) is 0.407. The Morgan fingerprint density at radius 3 is 2.27 bits per heavy atom. The highest BCUT2D eigenvalue weighted by Crippen LogP contribution is 2.48. The van der Waals surface area contributed by atoms with Crippen LogP contribution in [-0.4, -0.2) is 0 Å². The van der Waals surface area contributed by atoms with Crippen LogP contribution in [0.4, 0.5) is 8.78 Å². The lowest BCUT2D eigenvalue weighted by Gasteiger charge is -2.41. The molecule has 2 fully saturated rings. The molecule has 0 spiro atoms. The molecule has 156 valence electrons. The number of fused-ring (bicyclic) bond motifs is 1. The maximum Gasteiger partial charge on any atom is 0.142 e. The third-order valence-corrected chi connectivity index (χ3v) is 7.08. The highest BCUT2D eigenvalue weighted by atomic mass is 35.5. The van der Waals surface area contributed by atoms with E-state index < -0.39 is 11.6 Å². The number of halogens is 3. The summed E-state index contributed by atoms with van der Waals surface area (Å²) in [6.45, 7) is 2.09. The molecular weight excluding hydrogens is 398 g/mol. The van der Waals surface area contributed by atoms with Crippen molar-refractivity contribution in [3.63, 3.8) is 0 Å². The molecule has 0 heterocycles. The van der Waals surface area contributed by atoms with Crippen LogP contribution < -0.4 is 0 Å². The Morgan fingerprint density at radius 2 is 1.57 bits per heavy atom. The first-order valence-corrected chi connectivity index (χ1v) is 11.3. The molecule has 4 atom stereocenters. The standard InChI is InChI=1S/C27H27ClF2/c1-2-3-19-4-8-21-15-22(10-9-20(21)14-19)23-16-26(29)25(27(30)17-23)13-7-18-5-11-24(28)12-6-18/h2-3,5-6,11-12,16-17,19-22H,4,8-10,14-15H2,1H3/b3-2+. The topological polar surface area (TPSA) is 0 Å². The predicted molar refractivity (Wildman–Crippen MR) is 120 cm³/mol. The summed E-state index contributed by atoms with van der Waals surface area (Å²) in [5.41, 5.74) is 1.31. The van der Waals surface area contributed by atoms with Gasteiger partial charge in [0.2, 0.25) is 0 Å². The van der Waals surface area contributed by atoms with Crippen LogP contribution in [0.15, 0.2) is 48.6 Å². The van der Waals surface area contributed by atoms with Crippen molar-refractivity contribution >= 4 is 11.6 Å². The molecule has 3 heteroatoms. The number of benzene rings is 2. The summed E-state index contributed by atoms with van der Waals surface area (Å²) >= 11 is 5.86. The molecule has 0 amide bonds. The molecule has 30 heavy (non-hydrogen) atoms. The molecular formula is C27H27ClF2. The molecule has 0 nitrogen and oxygen atoms in total. The van der Waals surface area contributed by atoms with Crippen molar-refractivity contribution in [2.75, 3.05) is 0 Å². The average molecular weight is 425 g/mol. The van der Waals surface area contributed by atoms with Gasteiger partial charge in [-0.3, -0.25) is 0 Å². The number of allylic oxidation sites excluding steroid dienone is 2. The van der Waals surface area contributed by atoms with Gasteiger partial charge in [-0.05, 0) is 111 Å². The van der Waals surface area contributed by atoms with Crippen molar-refractivity contribution in [2.24, 2.45) is 17.8 Å². The summed E-state index contributed by atoms with van der Waals surface area (Å²) in [7, 11) is 0. The van der Waals surface area contributed by atoms with Crippen molar-refractivity contribution in [3.8, 4) is 11.8 Å². The summed E-state index contributed by atoms with van der Waals surface area (Å²) in [6.07, 6.45) is 11.5. The zero-order chi connectivity index (χ0) is 21.1. The lowest BCUT2D eigenvalue weighted by Crippen LogP contribution is -2.30. The van der Waals surface area contributed by atoms with Crippen molar-refractivity contribution in [2.45, 2.75) is 51.4 Å². The lowest BCUT2D eigenvalue weighted by atomic mass is 9.64. The van der Waals surface area contributed by atoms with E-state index in [0.717, 1.165) is 30.7 Å². The van der Waals surface area contributed by atoms with Crippen molar-refractivity contribution in [1.82, 2.24) is 0 Å². The Balaban J connectivity index is 1.48. The average Bonchev–Trinajstić information content (AvgIpc) is 2.74. The van der Waals surface area contributed by atoms with E-state index in [1.54, 1.807) is 24.3 Å². The minimum Gasteiger partial charge on any atom is -0.206 e. The molecule has 2 aromatic carbocycles. The minimum absolute atomic E-state index is 0.158. The molecule has 0 radical (unpaired) electrons. The minimum atomic E-state index is -0.564. The molecule has 0 aliphatic heterocycles.